The normalized spacial score (nSPS) is 22.5. The summed E-state index contributed by atoms with van der Waals surface area (Å²) >= 11 is 0. The number of nitrogens with one attached hydrogen (secondary N) is 2. The van der Waals surface area contributed by atoms with Gasteiger partial charge in [0.15, 0.2) is 5.96 Å². The molecule has 2 fully saturated rings. The molecule has 2 N–H and O–H groups in total. The molecule has 0 aliphatic carbocycles. The number of halogens is 1. The molecule has 1 unspecified atom stereocenters. The number of ether oxygens (including phenoxy) is 1. The van der Waals surface area contributed by atoms with Crippen LogP contribution in [0.1, 0.15) is 25.3 Å². The molecule has 0 saturated carbocycles. The van der Waals surface area contributed by atoms with E-state index in [2.05, 4.69) is 64.7 Å². The van der Waals surface area contributed by atoms with E-state index in [4.69, 9.17) is 9.73 Å². The topological polar surface area (TPSA) is 52.1 Å². The summed E-state index contributed by atoms with van der Waals surface area (Å²) in [5.74, 6) is 0.927. The average Bonchev–Trinajstić information content (AvgIpc) is 2.69. The number of likely N-dealkylation sites (N-methyl/N-ethyl adjacent to an activating group) is 1. The Labute approximate surface area is 187 Å². The second-order valence-electron chi connectivity index (χ2n) is 7.66. The predicted molar refractivity (Wildman–Crippen MR) is 127 cm³/mol. The summed E-state index contributed by atoms with van der Waals surface area (Å²) in [6.45, 7) is 9.79. The molecule has 2 heterocycles. The summed E-state index contributed by atoms with van der Waals surface area (Å²) in [7, 11) is 2.14. The molecule has 2 aliphatic rings. The summed E-state index contributed by atoms with van der Waals surface area (Å²) in [4.78, 5) is 9.64. The van der Waals surface area contributed by atoms with Crippen LogP contribution in [0.5, 0.6) is 0 Å². The SMILES string of the molecule is CCNC(=NCC1CN(C)CCO1)NC1CCN(Cc2ccccc2)CC1.I. The number of rotatable bonds is 6. The standard InChI is InChI=1S/C21H35N5O.HI/c1-3-22-21(23-15-20-17-25(2)13-14-27-20)24-19-9-11-26(12-10-19)16-18-7-5-4-6-8-18;/h4-8,19-20H,3,9-17H2,1-2H3,(H2,22,23,24);1H. The number of hydrogen-bond acceptors (Lipinski definition) is 4. The van der Waals surface area contributed by atoms with Crippen molar-refractivity contribution in [2.45, 2.75) is 38.5 Å². The summed E-state index contributed by atoms with van der Waals surface area (Å²) in [6, 6.07) is 11.2. The van der Waals surface area contributed by atoms with Gasteiger partial charge in [-0.25, -0.2) is 0 Å². The minimum atomic E-state index is 0. The minimum absolute atomic E-state index is 0. The molecule has 2 aliphatic heterocycles. The van der Waals surface area contributed by atoms with Gasteiger partial charge in [0, 0.05) is 45.3 Å². The van der Waals surface area contributed by atoms with Crippen LogP contribution in [0.4, 0.5) is 0 Å². The fourth-order valence-corrected chi connectivity index (χ4v) is 3.76. The number of hydrogen-bond donors (Lipinski definition) is 2. The highest BCUT2D eigenvalue weighted by atomic mass is 127. The van der Waals surface area contributed by atoms with Crippen LogP contribution >= 0.6 is 24.0 Å². The molecule has 0 spiro atoms. The first-order valence-corrected chi connectivity index (χ1v) is 10.3. The highest BCUT2D eigenvalue weighted by Gasteiger charge is 2.21. The quantitative estimate of drug-likeness (QED) is 0.356. The van der Waals surface area contributed by atoms with Gasteiger partial charge < -0.3 is 20.3 Å². The Hall–Kier alpha value is -0.900. The Bertz CT molecular complexity index is 577. The maximum Gasteiger partial charge on any atom is 0.191 e. The summed E-state index contributed by atoms with van der Waals surface area (Å²) in [5, 5.41) is 7.02. The summed E-state index contributed by atoms with van der Waals surface area (Å²) in [6.07, 6.45) is 2.51. The molecular weight excluding hydrogens is 465 g/mol. The van der Waals surface area contributed by atoms with Crippen molar-refractivity contribution in [3.63, 3.8) is 0 Å². The van der Waals surface area contributed by atoms with Crippen molar-refractivity contribution in [1.29, 1.82) is 0 Å². The van der Waals surface area contributed by atoms with E-state index in [1.165, 1.54) is 5.56 Å². The van der Waals surface area contributed by atoms with Gasteiger partial charge in [0.25, 0.3) is 0 Å². The van der Waals surface area contributed by atoms with Crippen molar-refractivity contribution in [2.75, 3.05) is 52.9 Å². The highest BCUT2D eigenvalue weighted by molar-refractivity contribution is 14.0. The molecule has 0 aromatic heterocycles. The number of benzene rings is 1. The van der Waals surface area contributed by atoms with Gasteiger partial charge in [-0.05, 0) is 32.4 Å². The van der Waals surface area contributed by atoms with E-state index in [9.17, 15) is 0 Å². The number of aliphatic imine (C=N–C) groups is 1. The van der Waals surface area contributed by atoms with E-state index in [1.54, 1.807) is 0 Å². The Morgan fingerprint density at radius 3 is 2.61 bits per heavy atom. The molecule has 1 aromatic carbocycles. The monoisotopic (exact) mass is 501 g/mol. The first-order valence-electron chi connectivity index (χ1n) is 10.3. The summed E-state index contributed by atoms with van der Waals surface area (Å²) in [5.41, 5.74) is 1.40. The Balaban J connectivity index is 0.00000280. The van der Waals surface area contributed by atoms with Gasteiger partial charge >= 0.3 is 0 Å². The van der Waals surface area contributed by atoms with Crippen molar-refractivity contribution in [3.8, 4) is 0 Å². The molecule has 7 heteroatoms. The lowest BCUT2D eigenvalue weighted by Gasteiger charge is -2.33. The maximum atomic E-state index is 5.83. The maximum absolute atomic E-state index is 5.83. The molecule has 6 nitrogen and oxygen atoms in total. The molecule has 158 valence electrons. The van der Waals surface area contributed by atoms with Gasteiger partial charge in [0.1, 0.15) is 0 Å². The third kappa shape index (κ3) is 7.85. The van der Waals surface area contributed by atoms with Crippen molar-refractivity contribution < 1.29 is 4.74 Å². The van der Waals surface area contributed by atoms with Crippen molar-refractivity contribution in [2.24, 2.45) is 4.99 Å². The van der Waals surface area contributed by atoms with Gasteiger partial charge in [-0.15, -0.1) is 24.0 Å². The minimum Gasteiger partial charge on any atom is -0.374 e. The van der Waals surface area contributed by atoms with Crippen LogP contribution in [0.25, 0.3) is 0 Å². The average molecular weight is 501 g/mol. The molecular formula is C21H36IN5O. The lowest BCUT2D eigenvalue weighted by atomic mass is 10.0. The summed E-state index contributed by atoms with van der Waals surface area (Å²) < 4.78 is 5.83. The molecule has 0 bridgehead atoms. The molecule has 2 saturated heterocycles. The van der Waals surface area contributed by atoms with Gasteiger partial charge in [0.05, 0.1) is 19.3 Å². The lowest BCUT2D eigenvalue weighted by Crippen LogP contribution is -2.49. The molecule has 28 heavy (non-hydrogen) atoms. The molecule has 0 radical (unpaired) electrons. The Morgan fingerprint density at radius 2 is 1.93 bits per heavy atom. The number of morpholine rings is 1. The third-order valence-electron chi connectivity index (χ3n) is 5.32. The van der Waals surface area contributed by atoms with Crippen LogP contribution < -0.4 is 10.6 Å². The van der Waals surface area contributed by atoms with Crippen LogP contribution in [-0.2, 0) is 11.3 Å². The Morgan fingerprint density at radius 1 is 1.18 bits per heavy atom. The van der Waals surface area contributed by atoms with E-state index in [0.29, 0.717) is 12.6 Å². The van der Waals surface area contributed by atoms with Gasteiger partial charge in [-0.3, -0.25) is 9.89 Å². The molecule has 3 rings (SSSR count). The smallest absolute Gasteiger partial charge is 0.191 e. The largest absolute Gasteiger partial charge is 0.374 e. The van der Waals surface area contributed by atoms with E-state index >= 15 is 0 Å². The first-order chi connectivity index (χ1) is 13.2. The lowest BCUT2D eigenvalue weighted by molar-refractivity contribution is -0.0136. The van der Waals surface area contributed by atoms with E-state index in [1.807, 2.05) is 0 Å². The molecule has 1 atom stereocenters. The van der Waals surface area contributed by atoms with Crippen LogP contribution in [0.15, 0.2) is 35.3 Å². The molecule has 1 aromatic rings. The van der Waals surface area contributed by atoms with Crippen molar-refractivity contribution in [1.82, 2.24) is 20.4 Å². The fraction of sp³-hybridized carbons (Fsp3) is 0.667. The Kier molecular flexibility index (Phi) is 10.5. The van der Waals surface area contributed by atoms with Crippen LogP contribution in [0.2, 0.25) is 0 Å². The van der Waals surface area contributed by atoms with Crippen LogP contribution in [0.3, 0.4) is 0 Å². The van der Waals surface area contributed by atoms with E-state index in [-0.39, 0.29) is 30.1 Å². The highest BCUT2D eigenvalue weighted by Crippen LogP contribution is 2.14. The molecule has 0 amide bonds. The first kappa shape index (κ1) is 23.4. The van der Waals surface area contributed by atoms with Crippen molar-refractivity contribution >= 4 is 29.9 Å². The van der Waals surface area contributed by atoms with Crippen LogP contribution in [0, 0.1) is 0 Å². The van der Waals surface area contributed by atoms with Gasteiger partial charge in [-0.1, -0.05) is 30.3 Å². The number of nitrogens with zero attached hydrogens (tertiary/aromatic N) is 3. The zero-order valence-corrected chi connectivity index (χ0v) is 19.6. The van der Waals surface area contributed by atoms with E-state index in [0.717, 1.165) is 64.7 Å². The third-order valence-corrected chi connectivity index (χ3v) is 5.32. The number of piperidine rings is 1. The van der Waals surface area contributed by atoms with Crippen molar-refractivity contribution in [3.05, 3.63) is 35.9 Å². The van der Waals surface area contributed by atoms with Gasteiger partial charge in [0.2, 0.25) is 0 Å². The number of guanidine groups is 1. The van der Waals surface area contributed by atoms with E-state index < -0.39 is 0 Å². The zero-order chi connectivity index (χ0) is 18.9. The predicted octanol–water partition coefficient (Wildman–Crippen LogP) is 2.15. The second-order valence-corrected chi connectivity index (χ2v) is 7.66. The second kappa shape index (κ2) is 12.6. The zero-order valence-electron chi connectivity index (χ0n) is 17.3. The van der Waals surface area contributed by atoms with Gasteiger partial charge in [-0.2, -0.15) is 0 Å². The number of likely N-dealkylation sites (tertiary alicyclic amines) is 1. The fourth-order valence-electron chi connectivity index (χ4n) is 3.76. The van der Waals surface area contributed by atoms with Crippen LogP contribution in [-0.4, -0.2) is 80.8 Å².